The van der Waals surface area contributed by atoms with E-state index in [1.165, 1.54) is 0 Å². The van der Waals surface area contributed by atoms with Crippen molar-refractivity contribution >= 4 is 5.91 Å². The van der Waals surface area contributed by atoms with Crippen LogP contribution in [0.5, 0.6) is 0 Å². The minimum atomic E-state index is -0.138. The normalized spacial score (nSPS) is 13.7. The van der Waals surface area contributed by atoms with Crippen LogP contribution < -0.4 is 11.3 Å². The summed E-state index contributed by atoms with van der Waals surface area (Å²) in [5, 5.41) is 0. The van der Waals surface area contributed by atoms with Gasteiger partial charge in [-0.05, 0) is 25.2 Å². The second-order valence-electron chi connectivity index (χ2n) is 5.10. The Morgan fingerprint density at radius 2 is 2.07 bits per heavy atom. The van der Waals surface area contributed by atoms with E-state index in [0.29, 0.717) is 18.3 Å². The number of carbonyl (C=O) groups is 1. The molecule has 0 heterocycles. The first-order valence-electron chi connectivity index (χ1n) is 5.46. The summed E-state index contributed by atoms with van der Waals surface area (Å²) in [6.07, 6.45) is 2.28. The Hall–Kier alpha value is -0.610. The number of hydrogen-bond acceptors (Lipinski definition) is 3. The molecule has 0 aliphatic rings. The fourth-order valence-electron chi connectivity index (χ4n) is 1.06. The molecule has 1 unspecified atom stereocenters. The third kappa shape index (κ3) is 9.69. The Kier molecular flexibility index (Phi) is 6.52. The lowest BCUT2D eigenvalue weighted by molar-refractivity contribution is -0.121. The lowest BCUT2D eigenvalue weighted by Crippen LogP contribution is -2.30. The Morgan fingerprint density at radius 1 is 1.47 bits per heavy atom. The number of nitrogens with one attached hydrogen (secondary N) is 1. The highest BCUT2D eigenvalue weighted by atomic mass is 16.5. The van der Waals surface area contributed by atoms with Gasteiger partial charge in [0.05, 0.1) is 6.10 Å². The second kappa shape index (κ2) is 6.80. The average molecular weight is 216 g/mol. The maximum Gasteiger partial charge on any atom is 0.233 e. The molecule has 0 aliphatic carbocycles. The Labute approximate surface area is 92.5 Å². The van der Waals surface area contributed by atoms with Crippen LogP contribution in [0.25, 0.3) is 0 Å². The molecule has 3 N–H and O–H groups in total. The van der Waals surface area contributed by atoms with Crippen LogP contribution in [-0.2, 0) is 9.53 Å². The van der Waals surface area contributed by atoms with E-state index >= 15 is 0 Å². The molecule has 0 aliphatic heterocycles. The Morgan fingerprint density at radius 3 is 2.53 bits per heavy atom. The van der Waals surface area contributed by atoms with Crippen molar-refractivity contribution in [1.29, 1.82) is 0 Å². The summed E-state index contributed by atoms with van der Waals surface area (Å²) in [7, 11) is 0. The topological polar surface area (TPSA) is 64.4 Å². The standard InChI is InChI=1S/C11H24N2O2/c1-9(5-6-10(14)13-12)15-8-7-11(2,3)4/h9H,5-8,12H2,1-4H3,(H,13,14). The van der Waals surface area contributed by atoms with Crippen molar-refractivity contribution in [3.8, 4) is 0 Å². The zero-order valence-corrected chi connectivity index (χ0v) is 10.3. The molecule has 15 heavy (non-hydrogen) atoms. The summed E-state index contributed by atoms with van der Waals surface area (Å²) in [5.41, 5.74) is 2.41. The number of amides is 1. The molecule has 0 saturated carbocycles. The van der Waals surface area contributed by atoms with Crippen molar-refractivity contribution < 1.29 is 9.53 Å². The highest BCUT2D eigenvalue weighted by molar-refractivity contribution is 5.75. The first-order chi connectivity index (χ1) is 6.85. The molecule has 0 spiro atoms. The molecule has 0 bridgehead atoms. The monoisotopic (exact) mass is 216 g/mol. The molecular formula is C11H24N2O2. The Balaban J connectivity index is 3.49. The first kappa shape index (κ1) is 14.4. The molecule has 90 valence electrons. The van der Waals surface area contributed by atoms with Crippen molar-refractivity contribution in [2.24, 2.45) is 11.3 Å². The third-order valence-electron chi connectivity index (χ3n) is 2.19. The highest BCUT2D eigenvalue weighted by Crippen LogP contribution is 2.18. The lowest BCUT2D eigenvalue weighted by atomic mass is 9.93. The highest BCUT2D eigenvalue weighted by Gasteiger charge is 2.11. The number of rotatable bonds is 6. The summed E-state index contributed by atoms with van der Waals surface area (Å²) in [4.78, 5) is 10.9. The first-order valence-corrected chi connectivity index (χ1v) is 5.46. The van der Waals surface area contributed by atoms with Crippen LogP contribution >= 0.6 is 0 Å². The van der Waals surface area contributed by atoms with Crippen molar-refractivity contribution in [2.75, 3.05) is 6.61 Å². The van der Waals surface area contributed by atoms with E-state index in [1.807, 2.05) is 6.92 Å². The molecule has 1 amide bonds. The van der Waals surface area contributed by atoms with Gasteiger partial charge in [0.1, 0.15) is 0 Å². The van der Waals surface area contributed by atoms with Gasteiger partial charge in [-0.15, -0.1) is 0 Å². The van der Waals surface area contributed by atoms with E-state index in [2.05, 4.69) is 26.2 Å². The summed E-state index contributed by atoms with van der Waals surface area (Å²) in [6.45, 7) is 9.27. The van der Waals surface area contributed by atoms with Gasteiger partial charge in [0.2, 0.25) is 5.91 Å². The van der Waals surface area contributed by atoms with Gasteiger partial charge in [0, 0.05) is 13.0 Å². The summed E-state index contributed by atoms with van der Waals surface area (Å²) < 4.78 is 5.59. The van der Waals surface area contributed by atoms with Gasteiger partial charge >= 0.3 is 0 Å². The van der Waals surface area contributed by atoms with Gasteiger partial charge in [0.25, 0.3) is 0 Å². The fraction of sp³-hybridized carbons (Fsp3) is 0.909. The van der Waals surface area contributed by atoms with E-state index < -0.39 is 0 Å². The second-order valence-corrected chi connectivity index (χ2v) is 5.10. The van der Waals surface area contributed by atoms with Crippen LogP contribution in [0.15, 0.2) is 0 Å². The van der Waals surface area contributed by atoms with Gasteiger partial charge < -0.3 is 4.74 Å². The largest absolute Gasteiger partial charge is 0.378 e. The van der Waals surface area contributed by atoms with E-state index in [9.17, 15) is 4.79 Å². The minimum absolute atomic E-state index is 0.115. The molecule has 0 saturated heterocycles. The zero-order valence-electron chi connectivity index (χ0n) is 10.3. The quantitative estimate of drug-likeness (QED) is 0.402. The summed E-state index contributed by atoms with van der Waals surface area (Å²) in [6, 6.07) is 0. The van der Waals surface area contributed by atoms with Gasteiger partial charge in [-0.1, -0.05) is 20.8 Å². The number of carbonyl (C=O) groups excluding carboxylic acids is 1. The molecule has 0 radical (unpaired) electrons. The maximum atomic E-state index is 10.9. The predicted molar refractivity (Wildman–Crippen MR) is 61.1 cm³/mol. The maximum absolute atomic E-state index is 10.9. The van der Waals surface area contributed by atoms with Crippen molar-refractivity contribution in [1.82, 2.24) is 5.43 Å². The molecule has 4 heteroatoms. The van der Waals surface area contributed by atoms with Gasteiger partial charge in [-0.2, -0.15) is 0 Å². The minimum Gasteiger partial charge on any atom is -0.378 e. The van der Waals surface area contributed by atoms with Crippen molar-refractivity contribution in [2.45, 2.75) is 53.1 Å². The number of hydrogen-bond donors (Lipinski definition) is 2. The fourth-order valence-corrected chi connectivity index (χ4v) is 1.06. The van der Waals surface area contributed by atoms with E-state index in [4.69, 9.17) is 10.6 Å². The summed E-state index contributed by atoms with van der Waals surface area (Å²) >= 11 is 0. The van der Waals surface area contributed by atoms with Gasteiger partial charge in [-0.3, -0.25) is 10.2 Å². The average Bonchev–Trinajstić information content (AvgIpc) is 2.12. The molecule has 0 rings (SSSR count). The molecule has 4 nitrogen and oxygen atoms in total. The van der Waals surface area contributed by atoms with Gasteiger partial charge in [-0.25, -0.2) is 5.84 Å². The van der Waals surface area contributed by atoms with Crippen LogP contribution in [0, 0.1) is 5.41 Å². The molecule has 0 aromatic carbocycles. The van der Waals surface area contributed by atoms with Crippen molar-refractivity contribution in [3.63, 3.8) is 0 Å². The molecule has 0 aromatic rings. The van der Waals surface area contributed by atoms with E-state index in [0.717, 1.165) is 13.0 Å². The Bertz CT molecular complexity index is 188. The van der Waals surface area contributed by atoms with Gasteiger partial charge in [0.15, 0.2) is 0 Å². The molecule has 1 atom stereocenters. The molecular weight excluding hydrogens is 192 g/mol. The smallest absolute Gasteiger partial charge is 0.233 e. The van der Waals surface area contributed by atoms with Crippen molar-refractivity contribution in [3.05, 3.63) is 0 Å². The van der Waals surface area contributed by atoms with E-state index in [-0.39, 0.29) is 12.0 Å². The van der Waals surface area contributed by atoms with Crippen LogP contribution in [0.1, 0.15) is 47.0 Å². The number of nitrogens with two attached hydrogens (primary N) is 1. The SMILES string of the molecule is CC(CCC(=O)NN)OCCC(C)(C)C. The molecule has 0 fully saturated rings. The number of hydrazine groups is 1. The third-order valence-corrected chi connectivity index (χ3v) is 2.19. The zero-order chi connectivity index (χ0) is 11.9. The molecule has 0 aromatic heterocycles. The number of ether oxygens (including phenoxy) is 1. The lowest BCUT2D eigenvalue weighted by Gasteiger charge is -2.20. The van der Waals surface area contributed by atoms with Crippen LogP contribution in [0.4, 0.5) is 0 Å². The van der Waals surface area contributed by atoms with Crippen LogP contribution in [-0.4, -0.2) is 18.6 Å². The predicted octanol–water partition coefficient (Wildman–Crippen LogP) is 1.60. The summed E-state index contributed by atoms with van der Waals surface area (Å²) in [5.74, 6) is 4.84. The van der Waals surface area contributed by atoms with E-state index in [1.54, 1.807) is 0 Å². The van der Waals surface area contributed by atoms with Crippen LogP contribution in [0.3, 0.4) is 0 Å². The van der Waals surface area contributed by atoms with Crippen LogP contribution in [0.2, 0.25) is 0 Å².